The van der Waals surface area contributed by atoms with E-state index in [2.05, 4.69) is 22.0 Å². The fourth-order valence-electron chi connectivity index (χ4n) is 3.29. The molecule has 30 heavy (non-hydrogen) atoms. The first-order valence-corrected chi connectivity index (χ1v) is 10.7. The maximum atomic E-state index is 9.03. The zero-order chi connectivity index (χ0) is 20.9. The summed E-state index contributed by atoms with van der Waals surface area (Å²) in [5.74, 6) is 0. The second-order valence-electron chi connectivity index (χ2n) is 6.79. The average molecular weight is 441 g/mol. The summed E-state index contributed by atoms with van der Waals surface area (Å²) in [6, 6.07) is 20.2. The molecule has 0 fully saturated rings. The Balaban J connectivity index is 1.57. The van der Waals surface area contributed by atoms with Crippen molar-refractivity contribution in [3.8, 4) is 22.4 Å². The van der Waals surface area contributed by atoms with Crippen LogP contribution in [0.1, 0.15) is 12.1 Å². The molecule has 0 aliphatic heterocycles. The largest absolute Gasteiger partial charge is 0.396 e. The lowest BCUT2D eigenvalue weighted by molar-refractivity contribution is -0.160. The average Bonchev–Trinajstić information content (AvgIpc) is 3.17. The number of aliphatic hydroxyl groups is 1. The summed E-state index contributed by atoms with van der Waals surface area (Å²) >= 11 is 7.69. The number of halogens is 1. The zero-order valence-corrected chi connectivity index (χ0v) is 18.0. The Morgan fingerprint density at radius 2 is 1.67 bits per heavy atom. The minimum Gasteiger partial charge on any atom is -0.396 e. The van der Waals surface area contributed by atoms with Crippen molar-refractivity contribution in [2.24, 2.45) is 0 Å². The van der Waals surface area contributed by atoms with Crippen molar-refractivity contribution in [3.63, 3.8) is 0 Å². The molecule has 7 heteroatoms. The van der Waals surface area contributed by atoms with E-state index in [4.69, 9.17) is 26.0 Å². The highest BCUT2D eigenvalue weighted by molar-refractivity contribution is 7.94. The number of hydrogen-bond donors (Lipinski definition) is 2. The second kappa shape index (κ2) is 9.64. The number of hydrogen-bond acceptors (Lipinski definition) is 5. The van der Waals surface area contributed by atoms with Crippen LogP contribution in [0, 0.1) is 0 Å². The molecule has 154 valence electrons. The first-order valence-electron chi connectivity index (χ1n) is 9.55. The van der Waals surface area contributed by atoms with Crippen LogP contribution in [0.3, 0.4) is 0 Å². The van der Waals surface area contributed by atoms with Gasteiger partial charge in [0, 0.05) is 22.8 Å². The molecule has 0 amide bonds. The van der Waals surface area contributed by atoms with Crippen molar-refractivity contribution in [3.05, 3.63) is 71.4 Å². The highest BCUT2D eigenvalue weighted by atomic mass is 35.5. The number of aromatic nitrogens is 2. The van der Waals surface area contributed by atoms with E-state index in [-0.39, 0.29) is 6.61 Å². The van der Waals surface area contributed by atoms with Gasteiger partial charge in [-0.3, -0.25) is 0 Å². The lowest BCUT2D eigenvalue weighted by Crippen LogP contribution is -1.88. The van der Waals surface area contributed by atoms with Gasteiger partial charge in [-0.25, -0.2) is 9.87 Å². The van der Waals surface area contributed by atoms with E-state index in [0.29, 0.717) is 11.4 Å². The predicted octanol–water partition coefficient (Wildman–Crippen LogP) is 6.06. The Labute approximate surface area is 184 Å². The van der Waals surface area contributed by atoms with Crippen LogP contribution in [-0.4, -0.2) is 28.8 Å². The number of fused-ring (bicyclic) bond motifs is 1. The lowest BCUT2D eigenvalue weighted by Gasteiger charge is -2.07. The van der Waals surface area contributed by atoms with E-state index < -0.39 is 0 Å². The van der Waals surface area contributed by atoms with Crippen molar-refractivity contribution in [2.45, 2.75) is 17.7 Å². The summed E-state index contributed by atoms with van der Waals surface area (Å²) in [6.07, 6.45) is 1.50. The summed E-state index contributed by atoms with van der Waals surface area (Å²) in [5.41, 5.74) is 6.76. The number of nitrogens with zero attached hydrogens (tertiary/aromatic N) is 1. The minimum atomic E-state index is 0.170. The molecule has 0 bridgehead atoms. The van der Waals surface area contributed by atoms with E-state index in [0.717, 1.165) is 50.4 Å². The molecule has 2 aromatic heterocycles. The SMILES string of the molecule is COOSc1ccc(-c2ccc(-c3nc4cc(CCCO)[nH]c4cc3Cl)cc2)cc1. The number of aliphatic hydroxyl groups excluding tert-OH is 1. The molecule has 0 saturated heterocycles. The van der Waals surface area contributed by atoms with Crippen LogP contribution in [0.25, 0.3) is 33.4 Å². The maximum Gasteiger partial charge on any atom is 0.0897 e. The molecular formula is C23H21ClN2O3S. The second-order valence-corrected chi connectivity index (χ2v) is 7.97. The Bertz CT molecular complexity index is 1130. The standard InChI is InChI=1S/C23H21ClN2O3S/c1-28-29-30-19-10-8-16(9-11-19)15-4-6-17(7-5-15)23-20(24)14-22-21(26-23)13-18(25-22)3-2-12-27/h4-11,13-14,25,27H,2-3,12H2,1H3. The number of benzene rings is 2. The van der Waals surface area contributed by atoms with Crippen LogP contribution in [-0.2, 0) is 15.6 Å². The highest BCUT2D eigenvalue weighted by Gasteiger charge is 2.11. The smallest absolute Gasteiger partial charge is 0.0897 e. The number of rotatable bonds is 8. The van der Waals surface area contributed by atoms with Gasteiger partial charge in [0.25, 0.3) is 0 Å². The predicted molar refractivity (Wildman–Crippen MR) is 121 cm³/mol. The number of H-pyrrole nitrogens is 1. The third-order valence-electron chi connectivity index (χ3n) is 4.76. The summed E-state index contributed by atoms with van der Waals surface area (Å²) in [5, 5.41) is 9.63. The molecule has 2 heterocycles. The first kappa shape index (κ1) is 20.9. The molecule has 2 N–H and O–H groups in total. The van der Waals surface area contributed by atoms with Gasteiger partial charge in [0.05, 0.1) is 40.9 Å². The number of pyridine rings is 1. The van der Waals surface area contributed by atoms with Crippen molar-refractivity contribution in [2.75, 3.05) is 13.7 Å². The van der Waals surface area contributed by atoms with Crippen molar-refractivity contribution in [1.29, 1.82) is 0 Å². The molecule has 0 unspecified atom stereocenters. The normalized spacial score (nSPS) is 11.3. The van der Waals surface area contributed by atoms with Crippen LogP contribution in [0.4, 0.5) is 0 Å². The van der Waals surface area contributed by atoms with Gasteiger partial charge in [-0.2, -0.15) is 4.33 Å². The molecule has 2 aromatic carbocycles. The molecule has 4 aromatic rings. The minimum absolute atomic E-state index is 0.170. The van der Waals surface area contributed by atoms with E-state index in [9.17, 15) is 0 Å². The third-order valence-corrected chi connectivity index (χ3v) is 5.72. The Morgan fingerprint density at radius 1 is 1.00 bits per heavy atom. The zero-order valence-electron chi connectivity index (χ0n) is 16.4. The van der Waals surface area contributed by atoms with E-state index in [1.807, 2.05) is 48.5 Å². The van der Waals surface area contributed by atoms with Crippen LogP contribution in [0.5, 0.6) is 0 Å². The molecule has 5 nitrogen and oxygen atoms in total. The first-order chi connectivity index (χ1) is 14.7. The van der Waals surface area contributed by atoms with E-state index in [1.165, 1.54) is 19.2 Å². The summed E-state index contributed by atoms with van der Waals surface area (Å²) < 4.78 is 4.88. The molecule has 0 aliphatic carbocycles. The molecule has 0 aliphatic rings. The number of aryl methyl sites for hydroxylation is 1. The molecule has 0 radical (unpaired) electrons. The van der Waals surface area contributed by atoms with E-state index >= 15 is 0 Å². The molecular weight excluding hydrogens is 420 g/mol. The van der Waals surface area contributed by atoms with Gasteiger partial charge in [-0.15, -0.1) is 0 Å². The molecule has 0 spiro atoms. The Morgan fingerprint density at radius 3 is 2.33 bits per heavy atom. The number of nitrogens with one attached hydrogen (secondary N) is 1. The fraction of sp³-hybridized carbons (Fsp3) is 0.174. The molecule has 0 atom stereocenters. The topological polar surface area (TPSA) is 67.4 Å². The van der Waals surface area contributed by atoms with Crippen molar-refractivity contribution < 1.29 is 14.3 Å². The van der Waals surface area contributed by atoms with Crippen molar-refractivity contribution in [1.82, 2.24) is 9.97 Å². The van der Waals surface area contributed by atoms with Crippen LogP contribution >= 0.6 is 23.6 Å². The van der Waals surface area contributed by atoms with Gasteiger partial charge in [-0.05, 0) is 48.2 Å². The van der Waals surface area contributed by atoms with Crippen LogP contribution < -0.4 is 0 Å². The lowest BCUT2D eigenvalue weighted by atomic mass is 10.0. The van der Waals surface area contributed by atoms with Gasteiger partial charge in [-0.1, -0.05) is 48.0 Å². The van der Waals surface area contributed by atoms with Gasteiger partial charge in [0.15, 0.2) is 0 Å². The summed E-state index contributed by atoms with van der Waals surface area (Å²) in [4.78, 5) is 13.7. The Hall–Kier alpha value is -2.35. The maximum absolute atomic E-state index is 9.03. The molecule has 4 rings (SSSR count). The van der Waals surface area contributed by atoms with E-state index in [1.54, 1.807) is 0 Å². The van der Waals surface area contributed by atoms with Gasteiger partial charge >= 0.3 is 0 Å². The van der Waals surface area contributed by atoms with Crippen molar-refractivity contribution >= 4 is 34.7 Å². The van der Waals surface area contributed by atoms with Gasteiger partial charge in [0.2, 0.25) is 0 Å². The van der Waals surface area contributed by atoms with Crippen LogP contribution in [0.2, 0.25) is 5.02 Å². The Kier molecular flexibility index (Phi) is 6.72. The van der Waals surface area contributed by atoms with Crippen LogP contribution in [0.15, 0.2) is 65.6 Å². The third kappa shape index (κ3) is 4.69. The fourth-order valence-corrected chi connectivity index (χ4v) is 3.95. The summed E-state index contributed by atoms with van der Waals surface area (Å²) in [6.45, 7) is 0.170. The summed E-state index contributed by atoms with van der Waals surface area (Å²) in [7, 11) is 1.48. The quantitative estimate of drug-likeness (QED) is 0.198. The number of aromatic amines is 1. The molecule has 0 saturated carbocycles. The highest BCUT2D eigenvalue weighted by Crippen LogP contribution is 2.32. The van der Waals surface area contributed by atoms with Gasteiger partial charge < -0.3 is 10.1 Å². The van der Waals surface area contributed by atoms with Gasteiger partial charge in [0.1, 0.15) is 0 Å². The monoisotopic (exact) mass is 440 g/mol.